The Balaban J connectivity index is 1.78. The Morgan fingerprint density at radius 1 is 1.20 bits per heavy atom. The zero-order valence-electron chi connectivity index (χ0n) is 14.2. The summed E-state index contributed by atoms with van der Waals surface area (Å²) in [6.45, 7) is 0.508. The first-order valence-electron chi connectivity index (χ1n) is 8.43. The van der Waals surface area contributed by atoms with Crippen LogP contribution in [0, 0.1) is 5.82 Å². The van der Waals surface area contributed by atoms with Crippen molar-refractivity contribution >= 4 is 5.91 Å². The van der Waals surface area contributed by atoms with E-state index in [9.17, 15) is 14.3 Å². The van der Waals surface area contributed by atoms with Gasteiger partial charge in [-0.25, -0.2) is 4.39 Å². The highest BCUT2D eigenvalue weighted by Crippen LogP contribution is 2.31. The van der Waals surface area contributed by atoms with Gasteiger partial charge in [-0.15, -0.1) is 0 Å². The maximum Gasteiger partial charge on any atom is 0.251 e. The van der Waals surface area contributed by atoms with Gasteiger partial charge >= 0.3 is 0 Å². The van der Waals surface area contributed by atoms with Crippen molar-refractivity contribution in [3.8, 4) is 16.9 Å². The lowest BCUT2D eigenvalue weighted by Gasteiger charge is -2.29. The molecule has 1 saturated carbocycles. The first-order valence-corrected chi connectivity index (χ1v) is 8.43. The summed E-state index contributed by atoms with van der Waals surface area (Å²) < 4.78 is 18.7. The van der Waals surface area contributed by atoms with Gasteiger partial charge < -0.3 is 15.2 Å². The summed E-state index contributed by atoms with van der Waals surface area (Å²) in [5.41, 5.74) is 1.30. The fraction of sp³-hybridized carbons (Fsp3) is 0.350. The molecule has 0 heterocycles. The average Bonchev–Trinajstić information content (AvgIpc) is 3.05. The lowest BCUT2D eigenvalue weighted by molar-refractivity contribution is 0.0767. The van der Waals surface area contributed by atoms with Crippen LogP contribution in [0.3, 0.4) is 0 Å². The molecule has 2 aromatic carbocycles. The summed E-state index contributed by atoms with van der Waals surface area (Å²) in [5, 5.41) is 13.0. The van der Waals surface area contributed by atoms with Crippen molar-refractivity contribution in [2.45, 2.75) is 31.2 Å². The number of aromatic hydroxyl groups is 1. The number of hydrogen-bond donors (Lipinski definition) is 2. The number of hydrogen-bond acceptors (Lipinski definition) is 3. The third-order valence-electron chi connectivity index (χ3n) is 4.78. The number of nitrogens with one attached hydrogen (secondary N) is 1. The maximum absolute atomic E-state index is 13.4. The number of ether oxygens (including phenoxy) is 1. The number of phenols is 1. The lowest BCUT2D eigenvalue weighted by Crippen LogP contribution is -2.49. The number of rotatable bonds is 5. The Labute approximate surface area is 146 Å². The van der Waals surface area contributed by atoms with Gasteiger partial charge in [-0.3, -0.25) is 4.79 Å². The first kappa shape index (κ1) is 17.4. The third-order valence-corrected chi connectivity index (χ3v) is 4.78. The van der Waals surface area contributed by atoms with Crippen LogP contribution in [-0.4, -0.2) is 30.3 Å². The van der Waals surface area contributed by atoms with Gasteiger partial charge in [0.1, 0.15) is 11.6 Å². The Hall–Kier alpha value is -2.40. The van der Waals surface area contributed by atoms with Gasteiger partial charge in [-0.05, 0) is 48.7 Å². The number of amides is 1. The molecule has 4 nitrogen and oxygen atoms in total. The van der Waals surface area contributed by atoms with Crippen molar-refractivity contribution < 1.29 is 19.0 Å². The number of halogens is 1. The summed E-state index contributed by atoms with van der Waals surface area (Å²) in [7, 11) is 1.65. The average molecular weight is 343 g/mol. The molecule has 0 radical (unpaired) electrons. The smallest absolute Gasteiger partial charge is 0.251 e. The van der Waals surface area contributed by atoms with Crippen molar-refractivity contribution in [1.29, 1.82) is 0 Å². The van der Waals surface area contributed by atoms with Crippen LogP contribution in [0.4, 0.5) is 4.39 Å². The third kappa shape index (κ3) is 3.82. The summed E-state index contributed by atoms with van der Waals surface area (Å²) in [6, 6.07) is 10.6. The molecule has 0 saturated heterocycles. The maximum atomic E-state index is 13.4. The van der Waals surface area contributed by atoms with E-state index in [0.717, 1.165) is 25.7 Å². The van der Waals surface area contributed by atoms with Crippen LogP contribution in [-0.2, 0) is 4.74 Å². The molecule has 1 aliphatic rings. The summed E-state index contributed by atoms with van der Waals surface area (Å²) >= 11 is 0. The Bertz CT molecular complexity index is 752. The molecule has 0 aromatic heterocycles. The van der Waals surface area contributed by atoms with Gasteiger partial charge in [-0.2, -0.15) is 0 Å². The van der Waals surface area contributed by atoms with Gasteiger partial charge in [-0.1, -0.05) is 25.0 Å². The number of carbonyl (C=O) groups is 1. The van der Waals surface area contributed by atoms with Crippen LogP contribution >= 0.6 is 0 Å². The van der Waals surface area contributed by atoms with E-state index in [1.165, 1.54) is 18.2 Å². The van der Waals surface area contributed by atoms with E-state index in [2.05, 4.69) is 5.32 Å². The Morgan fingerprint density at radius 2 is 1.88 bits per heavy atom. The molecule has 2 aromatic rings. The molecule has 2 N–H and O–H groups in total. The molecule has 5 heteroatoms. The zero-order chi connectivity index (χ0) is 17.9. The molecule has 0 aliphatic heterocycles. The fourth-order valence-corrected chi connectivity index (χ4v) is 3.49. The van der Waals surface area contributed by atoms with E-state index in [1.807, 2.05) is 0 Å². The SMILES string of the molecule is COCC1(NC(=O)c2ccc(-c3cc(F)ccc3O)cc2)CCCC1. The second-order valence-electron chi connectivity index (χ2n) is 6.61. The summed E-state index contributed by atoms with van der Waals surface area (Å²) in [5.74, 6) is -0.560. The molecule has 3 rings (SSSR count). The van der Waals surface area contributed by atoms with Crippen LogP contribution in [0.5, 0.6) is 5.75 Å². The van der Waals surface area contributed by atoms with Crippen molar-refractivity contribution in [1.82, 2.24) is 5.32 Å². The number of carbonyl (C=O) groups excluding carboxylic acids is 1. The zero-order valence-corrected chi connectivity index (χ0v) is 14.2. The largest absolute Gasteiger partial charge is 0.507 e. The molecular formula is C20H22FNO3. The minimum Gasteiger partial charge on any atom is -0.507 e. The van der Waals surface area contributed by atoms with Crippen LogP contribution in [0.1, 0.15) is 36.0 Å². The molecule has 132 valence electrons. The van der Waals surface area contributed by atoms with Gasteiger partial charge in [0.25, 0.3) is 5.91 Å². The monoisotopic (exact) mass is 343 g/mol. The van der Waals surface area contributed by atoms with Gasteiger partial charge in [0.05, 0.1) is 12.1 Å². The van der Waals surface area contributed by atoms with Gasteiger partial charge in [0, 0.05) is 18.2 Å². The first-order chi connectivity index (χ1) is 12.0. The highest BCUT2D eigenvalue weighted by molar-refractivity contribution is 5.95. The minimum atomic E-state index is -0.419. The van der Waals surface area contributed by atoms with Crippen LogP contribution in [0.25, 0.3) is 11.1 Å². The molecule has 1 amide bonds. The molecule has 0 unspecified atom stereocenters. The Morgan fingerprint density at radius 3 is 2.52 bits per heavy atom. The quantitative estimate of drug-likeness (QED) is 0.866. The Kier molecular flexibility index (Phi) is 5.04. The summed E-state index contributed by atoms with van der Waals surface area (Å²) in [6.07, 6.45) is 4.01. The number of methoxy groups -OCH3 is 1. The summed E-state index contributed by atoms with van der Waals surface area (Å²) in [4.78, 5) is 12.6. The van der Waals surface area contributed by atoms with Crippen LogP contribution in [0.15, 0.2) is 42.5 Å². The standard InChI is InChI=1S/C20H22FNO3/c1-25-13-20(10-2-3-11-20)22-19(24)15-6-4-14(5-7-15)17-12-16(21)8-9-18(17)23/h4-9,12,23H,2-3,10-11,13H2,1H3,(H,22,24). The topological polar surface area (TPSA) is 58.6 Å². The number of phenolic OH excluding ortho intramolecular Hbond substituents is 1. The lowest BCUT2D eigenvalue weighted by atomic mass is 9.97. The number of benzene rings is 2. The predicted molar refractivity (Wildman–Crippen MR) is 94.0 cm³/mol. The molecule has 0 bridgehead atoms. The van der Waals surface area contributed by atoms with E-state index in [1.54, 1.807) is 31.4 Å². The molecule has 25 heavy (non-hydrogen) atoms. The van der Waals surface area contributed by atoms with Gasteiger partial charge in [0.15, 0.2) is 0 Å². The molecule has 1 fully saturated rings. The highest BCUT2D eigenvalue weighted by atomic mass is 19.1. The normalized spacial score (nSPS) is 15.9. The van der Waals surface area contributed by atoms with E-state index in [4.69, 9.17) is 4.74 Å². The fourth-order valence-electron chi connectivity index (χ4n) is 3.49. The van der Waals surface area contributed by atoms with Crippen LogP contribution < -0.4 is 5.32 Å². The van der Waals surface area contributed by atoms with E-state index in [0.29, 0.717) is 23.3 Å². The van der Waals surface area contributed by atoms with Crippen LogP contribution in [0.2, 0.25) is 0 Å². The van der Waals surface area contributed by atoms with Crippen molar-refractivity contribution in [3.63, 3.8) is 0 Å². The second kappa shape index (κ2) is 7.23. The van der Waals surface area contributed by atoms with Crippen molar-refractivity contribution in [3.05, 3.63) is 53.8 Å². The second-order valence-corrected chi connectivity index (χ2v) is 6.61. The predicted octanol–water partition coefficient (Wildman–Crippen LogP) is 3.89. The van der Waals surface area contributed by atoms with Gasteiger partial charge in [0.2, 0.25) is 0 Å². The van der Waals surface area contributed by atoms with E-state index < -0.39 is 5.82 Å². The van der Waals surface area contributed by atoms with E-state index in [-0.39, 0.29) is 17.2 Å². The molecule has 0 atom stereocenters. The molecule has 0 spiro atoms. The van der Waals surface area contributed by atoms with E-state index >= 15 is 0 Å². The highest BCUT2D eigenvalue weighted by Gasteiger charge is 2.35. The van der Waals surface area contributed by atoms with Crippen molar-refractivity contribution in [2.75, 3.05) is 13.7 Å². The molecular weight excluding hydrogens is 321 g/mol. The molecule has 1 aliphatic carbocycles. The minimum absolute atomic E-state index is 0.00334. The van der Waals surface area contributed by atoms with Crippen molar-refractivity contribution in [2.24, 2.45) is 0 Å².